The first-order valence-electron chi connectivity index (χ1n) is 5.74. The number of carbonyl (C=O) groups excluding carboxylic acids is 1. The average Bonchev–Trinajstić information content (AvgIpc) is 2.78. The maximum Gasteiger partial charge on any atom is 0.335 e. The van der Waals surface area contributed by atoms with E-state index < -0.39 is 5.97 Å². The molecule has 0 saturated heterocycles. The number of fused-ring (bicyclic) bond motifs is 1. The zero-order chi connectivity index (χ0) is 14.0. The molecule has 2 N–H and O–H groups in total. The highest BCUT2D eigenvalue weighted by Gasteiger charge is 2.25. The fourth-order valence-electron chi connectivity index (χ4n) is 1.99. The Morgan fingerprint density at radius 2 is 2.21 bits per heavy atom. The van der Waals surface area contributed by atoms with Crippen LogP contribution in [0.5, 0.6) is 0 Å². The fourth-order valence-corrected chi connectivity index (χ4v) is 2.13. The number of urea groups is 1. The topological polar surface area (TPSA) is 69.6 Å². The summed E-state index contributed by atoms with van der Waals surface area (Å²) < 4.78 is 0.680. The number of carboxylic acids is 1. The molecule has 0 spiro atoms. The summed E-state index contributed by atoms with van der Waals surface area (Å²) in [6, 6.07) is 4.60. The van der Waals surface area contributed by atoms with E-state index in [0.29, 0.717) is 23.3 Å². The van der Waals surface area contributed by atoms with E-state index in [1.165, 1.54) is 6.07 Å². The molecular formula is C13H13BrN2O3. The molecule has 1 heterocycles. The quantitative estimate of drug-likeness (QED) is 0.896. The normalized spacial score (nSPS) is 13.0. The van der Waals surface area contributed by atoms with Gasteiger partial charge in [0.1, 0.15) is 0 Å². The molecular weight excluding hydrogens is 312 g/mol. The smallest absolute Gasteiger partial charge is 0.335 e. The highest BCUT2D eigenvalue weighted by molar-refractivity contribution is 9.11. The molecule has 1 aromatic rings. The summed E-state index contributed by atoms with van der Waals surface area (Å²) in [5.41, 5.74) is 1.83. The first-order valence-corrected chi connectivity index (χ1v) is 6.53. The second-order valence-corrected chi connectivity index (χ2v) is 5.35. The van der Waals surface area contributed by atoms with Gasteiger partial charge >= 0.3 is 12.0 Å². The summed E-state index contributed by atoms with van der Waals surface area (Å²) in [7, 11) is 0. The molecule has 2 rings (SSSR count). The number of carbonyl (C=O) groups is 2. The van der Waals surface area contributed by atoms with Crippen molar-refractivity contribution in [2.75, 3.05) is 18.0 Å². The lowest BCUT2D eigenvalue weighted by atomic mass is 10.1. The third-order valence-electron chi connectivity index (χ3n) is 2.90. The second kappa shape index (κ2) is 5.44. The SMILES string of the molecule is C=C(Br)CNC(=O)N1CCc2ccc(C(=O)O)cc21. The van der Waals surface area contributed by atoms with Gasteiger partial charge in [-0.05, 0) is 24.1 Å². The Balaban J connectivity index is 2.20. The summed E-state index contributed by atoms with van der Waals surface area (Å²) in [6.45, 7) is 4.53. The number of carboxylic acid groups (broad SMARTS) is 1. The zero-order valence-electron chi connectivity index (χ0n) is 10.1. The molecule has 0 unspecified atom stereocenters. The highest BCUT2D eigenvalue weighted by atomic mass is 79.9. The summed E-state index contributed by atoms with van der Waals surface area (Å²) in [5, 5.41) is 11.7. The molecule has 0 saturated carbocycles. The molecule has 100 valence electrons. The van der Waals surface area contributed by atoms with Gasteiger partial charge in [0.2, 0.25) is 0 Å². The minimum Gasteiger partial charge on any atom is -0.478 e. The van der Waals surface area contributed by atoms with Gasteiger partial charge in [0, 0.05) is 16.7 Å². The van der Waals surface area contributed by atoms with Crippen molar-refractivity contribution in [3.63, 3.8) is 0 Å². The van der Waals surface area contributed by atoms with Crippen LogP contribution in [0.15, 0.2) is 29.3 Å². The number of nitrogens with zero attached hydrogens (tertiary/aromatic N) is 1. The molecule has 1 aliphatic rings. The number of anilines is 1. The van der Waals surface area contributed by atoms with Crippen LogP contribution in [-0.2, 0) is 6.42 Å². The Morgan fingerprint density at radius 1 is 1.47 bits per heavy atom. The van der Waals surface area contributed by atoms with E-state index in [2.05, 4.69) is 27.8 Å². The molecule has 6 heteroatoms. The van der Waals surface area contributed by atoms with E-state index in [1.54, 1.807) is 17.0 Å². The molecule has 2 amide bonds. The average molecular weight is 325 g/mol. The first kappa shape index (κ1) is 13.6. The van der Waals surface area contributed by atoms with Gasteiger partial charge in [-0.3, -0.25) is 4.90 Å². The van der Waals surface area contributed by atoms with E-state index in [9.17, 15) is 9.59 Å². The predicted octanol–water partition coefficient (Wildman–Crippen LogP) is 2.37. The van der Waals surface area contributed by atoms with Gasteiger partial charge in [0.25, 0.3) is 0 Å². The summed E-state index contributed by atoms with van der Waals surface area (Å²) in [5.74, 6) is -0.996. The van der Waals surface area contributed by atoms with Gasteiger partial charge in [0.05, 0.1) is 12.1 Å². The zero-order valence-corrected chi connectivity index (χ0v) is 11.7. The molecule has 0 bridgehead atoms. The van der Waals surface area contributed by atoms with Gasteiger partial charge in [0.15, 0.2) is 0 Å². The molecule has 0 fully saturated rings. The van der Waals surface area contributed by atoms with Crippen molar-refractivity contribution < 1.29 is 14.7 Å². The van der Waals surface area contributed by atoms with E-state index >= 15 is 0 Å². The number of hydrogen-bond donors (Lipinski definition) is 2. The number of hydrogen-bond acceptors (Lipinski definition) is 2. The lowest BCUT2D eigenvalue weighted by molar-refractivity contribution is 0.0697. The van der Waals surface area contributed by atoms with Gasteiger partial charge < -0.3 is 10.4 Å². The Labute approximate surface area is 119 Å². The molecule has 0 atom stereocenters. The molecule has 19 heavy (non-hydrogen) atoms. The Morgan fingerprint density at radius 3 is 2.84 bits per heavy atom. The van der Waals surface area contributed by atoms with Crippen LogP contribution >= 0.6 is 15.9 Å². The maximum absolute atomic E-state index is 12.0. The standard InChI is InChI=1S/C13H13BrN2O3/c1-8(14)7-15-13(19)16-5-4-9-2-3-10(12(17)18)6-11(9)16/h2-3,6H,1,4-5,7H2,(H,15,19)(H,17,18). The monoisotopic (exact) mass is 324 g/mol. The van der Waals surface area contributed by atoms with Crippen LogP contribution < -0.4 is 10.2 Å². The molecule has 1 aromatic carbocycles. The minimum absolute atomic E-state index is 0.184. The van der Waals surface area contributed by atoms with Crippen LogP contribution in [0.3, 0.4) is 0 Å². The van der Waals surface area contributed by atoms with Crippen LogP contribution in [0.2, 0.25) is 0 Å². The van der Waals surface area contributed by atoms with Crippen molar-refractivity contribution >= 4 is 33.6 Å². The third kappa shape index (κ3) is 2.96. The predicted molar refractivity (Wildman–Crippen MR) is 75.9 cm³/mol. The van der Waals surface area contributed by atoms with Crippen molar-refractivity contribution in [1.29, 1.82) is 0 Å². The van der Waals surface area contributed by atoms with Crippen molar-refractivity contribution in [1.82, 2.24) is 5.32 Å². The number of nitrogens with one attached hydrogen (secondary N) is 1. The third-order valence-corrected chi connectivity index (χ3v) is 3.18. The van der Waals surface area contributed by atoms with Crippen molar-refractivity contribution in [2.24, 2.45) is 0 Å². The van der Waals surface area contributed by atoms with E-state index in [0.717, 1.165) is 12.0 Å². The van der Waals surface area contributed by atoms with E-state index in [1.807, 2.05) is 0 Å². The van der Waals surface area contributed by atoms with Crippen molar-refractivity contribution in [3.05, 3.63) is 40.4 Å². The largest absolute Gasteiger partial charge is 0.478 e. The minimum atomic E-state index is -0.996. The highest BCUT2D eigenvalue weighted by Crippen LogP contribution is 2.29. The lowest BCUT2D eigenvalue weighted by Gasteiger charge is -2.18. The van der Waals surface area contributed by atoms with Gasteiger partial charge in [-0.15, -0.1) is 0 Å². The van der Waals surface area contributed by atoms with Crippen LogP contribution in [0, 0.1) is 0 Å². The van der Waals surface area contributed by atoms with Crippen LogP contribution in [-0.4, -0.2) is 30.2 Å². The van der Waals surface area contributed by atoms with Crippen molar-refractivity contribution in [2.45, 2.75) is 6.42 Å². The van der Waals surface area contributed by atoms with Crippen LogP contribution in [0.1, 0.15) is 15.9 Å². The van der Waals surface area contributed by atoms with Crippen molar-refractivity contribution in [3.8, 4) is 0 Å². The van der Waals surface area contributed by atoms with E-state index in [4.69, 9.17) is 5.11 Å². The van der Waals surface area contributed by atoms with Gasteiger partial charge in [-0.25, -0.2) is 9.59 Å². The lowest BCUT2D eigenvalue weighted by Crippen LogP contribution is -2.39. The molecule has 5 nitrogen and oxygen atoms in total. The van der Waals surface area contributed by atoms with E-state index in [-0.39, 0.29) is 11.6 Å². The molecule has 0 aliphatic carbocycles. The summed E-state index contributed by atoms with van der Waals surface area (Å²) in [4.78, 5) is 24.5. The molecule has 1 aliphatic heterocycles. The fraction of sp³-hybridized carbons (Fsp3) is 0.231. The molecule has 0 aromatic heterocycles. The molecule has 0 radical (unpaired) electrons. The summed E-state index contributed by atoms with van der Waals surface area (Å²) in [6.07, 6.45) is 0.734. The Kier molecular flexibility index (Phi) is 3.90. The number of amides is 2. The Hall–Kier alpha value is -1.82. The first-order chi connectivity index (χ1) is 8.99. The van der Waals surface area contributed by atoms with Crippen LogP contribution in [0.4, 0.5) is 10.5 Å². The summed E-state index contributed by atoms with van der Waals surface area (Å²) >= 11 is 3.17. The number of benzene rings is 1. The Bertz CT molecular complexity index is 557. The second-order valence-electron chi connectivity index (χ2n) is 4.23. The maximum atomic E-state index is 12.0. The van der Waals surface area contributed by atoms with Gasteiger partial charge in [-0.2, -0.15) is 0 Å². The number of rotatable bonds is 3. The van der Waals surface area contributed by atoms with Crippen LogP contribution in [0.25, 0.3) is 0 Å². The number of halogens is 1. The van der Waals surface area contributed by atoms with Gasteiger partial charge in [-0.1, -0.05) is 28.6 Å². The number of aromatic carboxylic acids is 1.